The first-order valence-corrected chi connectivity index (χ1v) is 8.17. The molecule has 0 spiro atoms. The first kappa shape index (κ1) is 17.5. The molecular formula is C18H20F3N3O. The number of halogens is 3. The summed E-state index contributed by atoms with van der Waals surface area (Å²) in [6, 6.07) is 6.94. The van der Waals surface area contributed by atoms with Crippen molar-refractivity contribution in [3.8, 4) is 0 Å². The molecule has 2 aromatic rings. The number of nitrogens with zero attached hydrogens (tertiary/aromatic N) is 3. The highest BCUT2D eigenvalue weighted by Gasteiger charge is 2.41. The lowest BCUT2D eigenvalue weighted by Crippen LogP contribution is -2.43. The molecule has 1 aliphatic rings. The molecule has 1 aliphatic heterocycles. The van der Waals surface area contributed by atoms with Gasteiger partial charge in [-0.2, -0.15) is 18.3 Å². The van der Waals surface area contributed by atoms with Gasteiger partial charge in [-0.05, 0) is 43.5 Å². The number of carbonyl (C=O) groups is 1. The molecule has 0 bridgehead atoms. The Morgan fingerprint density at radius 2 is 1.92 bits per heavy atom. The molecule has 1 fully saturated rings. The average Bonchev–Trinajstić information content (AvgIpc) is 3.14. The predicted octanol–water partition coefficient (Wildman–Crippen LogP) is 3.52. The van der Waals surface area contributed by atoms with Crippen molar-refractivity contribution in [3.63, 3.8) is 0 Å². The van der Waals surface area contributed by atoms with E-state index in [2.05, 4.69) is 5.10 Å². The van der Waals surface area contributed by atoms with E-state index in [1.165, 1.54) is 12.1 Å². The second-order valence-electron chi connectivity index (χ2n) is 6.62. The molecule has 1 aromatic carbocycles. The molecule has 1 aromatic heterocycles. The Labute approximate surface area is 144 Å². The van der Waals surface area contributed by atoms with Gasteiger partial charge < -0.3 is 4.90 Å². The van der Waals surface area contributed by atoms with Crippen LogP contribution in [0, 0.1) is 0 Å². The Morgan fingerprint density at radius 1 is 1.24 bits per heavy atom. The minimum absolute atomic E-state index is 0.0384. The van der Waals surface area contributed by atoms with Gasteiger partial charge in [0.05, 0.1) is 17.5 Å². The summed E-state index contributed by atoms with van der Waals surface area (Å²) in [5.74, 6) is -0.0384. The van der Waals surface area contributed by atoms with E-state index in [4.69, 9.17) is 0 Å². The molecule has 0 saturated carbocycles. The lowest BCUT2D eigenvalue weighted by Gasteiger charge is -2.36. The van der Waals surface area contributed by atoms with E-state index in [0.29, 0.717) is 6.54 Å². The highest BCUT2D eigenvalue weighted by atomic mass is 19.4. The van der Waals surface area contributed by atoms with Gasteiger partial charge in [-0.25, -0.2) is 0 Å². The van der Waals surface area contributed by atoms with Gasteiger partial charge in [0.25, 0.3) is 0 Å². The van der Waals surface area contributed by atoms with Crippen LogP contribution in [0.5, 0.6) is 0 Å². The number of likely N-dealkylation sites (tertiary alicyclic amines) is 1. The van der Waals surface area contributed by atoms with E-state index in [0.717, 1.165) is 36.2 Å². The molecule has 1 atom stereocenters. The molecule has 3 rings (SSSR count). The Kier molecular flexibility index (Phi) is 4.34. The Balaban J connectivity index is 1.84. The molecule has 134 valence electrons. The van der Waals surface area contributed by atoms with Crippen LogP contribution in [0.25, 0.3) is 0 Å². The molecule has 4 nitrogen and oxygen atoms in total. The third-order valence-electron chi connectivity index (χ3n) is 5.03. The summed E-state index contributed by atoms with van der Waals surface area (Å²) < 4.78 is 40.0. The normalized spacial score (nSPS) is 20.9. The van der Waals surface area contributed by atoms with Gasteiger partial charge in [0.1, 0.15) is 0 Å². The van der Waals surface area contributed by atoms with Crippen molar-refractivity contribution in [3.05, 3.63) is 53.3 Å². The van der Waals surface area contributed by atoms with Crippen LogP contribution in [0.15, 0.2) is 36.5 Å². The summed E-state index contributed by atoms with van der Waals surface area (Å²) >= 11 is 0. The van der Waals surface area contributed by atoms with Crippen LogP contribution in [-0.2, 0) is 30.0 Å². The second-order valence-corrected chi connectivity index (χ2v) is 6.62. The van der Waals surface area contributed by atoms with Crippen LogP contribution >= 0.6 is 0 Å². The van der Waals surface area contributed by atoms with Crippen molar-refractivity contribution in [2.75, 3.05) is 6.54 Å². The molecule has 0 aliphatic carbocycles. The monoisotopic (exact) mass is 351 g/mol. The van der Waals surface area contributed by atoms with E-state index >= 15 is 0 Å². The summed E-state index contributed by atoms with van der Waals surface area (Å²) in [7, 11) is 1.78. The minimum atomic E-state index is -4.36. The molecular weight excluding hydrogens is 331 g/mol. The molecule has 2 heterocycles. The first-order chi connectivity index (χ1) is 11.7. The van der Waals surface area contributed by atoms with E-state index in [1.807, 2.05) is 6.92 Å². The van der Waals surface area contributed by atoms with Gasteiger partial charge in [-0.1, -0.05) is 12.1 Å². The number of rotatable bonds is 3. The maximum absolute atomic E-state index is 12.8. The minimum Gasteiger partial charge on any atom is -0.333 e. The zero-order valence-electron chi connectivity index (χ0n) is 14.2. The van der Waals surface area contributed by atoms with Gasteiger partial charge in [-0.15, -0.1) is 0 Å². The number of hydrogen-bond acceptors (Lipinski definition) is 2. The van der Waals surface area contributed by atoms with Crippen LogP contribution < -0.4 is 0 Å². The number of hydrogen-bond donors (Lipinski definition) is 0. The maximum Gasteiger partial charge on any atom is 0.416 e. The molecule has 0 N–H and O–H groups in total. The Hall–Kier alpha value is -2.31. The zero-order valence-corrected chi connectivity index (χ0v) is 14.2. The van der Waals surface area contributed by atoms with Crippen LogP contribution in [0.2, 0.25) is 0 Å². The smallest absolute Gasteiger partial charge is 0.333 e. The van der Waals surface area contributed by atoms with Gasteiger partial charge in [0, 0.05) is 25.5 Å². The summed E-state index contributed by atoms with van der Waals surface area (Å²) in [5, 5.41) is 4.06. The largest absolute Gasteiger partial charge is 0.416 e. The van der Waals surface area contributed by atoms with Crippen LogP contribution in [0.1, 0.15) is 36.6 Å². The maximum atomic E-state index is 12.8. The van der Waals surface area contributed by atoms with Gasteiger partial charge in [0.15, 0.2) is 0 Å². The fraction of sp³-hybridized carbons (Fsp3) is 0.444. The Morgan fingerprint density at radius 3 is 2.48 bits per heavy atom. The molecule has 1 amide bonds. The van der Waals surface area contributed by atoms with Crippen LogP contribution in [0.3, 0.4) is 0 Å². The zero-order chi connectivity index (χ0) is 18.2. The lowest BCUT2D eigenvalue weighted by atomic mass is 9.88. The molecule has 7 heteroatoms. The summed E-state index contributed by atoms with van der Waals surface area (Å²) in [5.41, 5.74) is 0.286. The summed E-state index contributed by atoms with van der Waals surface area (Å²) in [4.78, 5) is 14.6. The standard InChI is InChI=1S/C18H20F3N3O/c1-17(13-4-6-14(7-5-13)18(19,20)21)9-3-11-24(17)16(25)12-15-8-10-22-23(15)2/h4-8,10H,3,9,11-12H2,1-2H3. The number of benzene rings is 1. The van der Waals surface area contributed by atoms with E-state index < -0.39 is 17.3 Å². The number of aryl methyl sites for hydroxylation is 1. The van der Waals surface area contributed by atoms with Gasteiger partial charge in [0.2, 0.25) is 5.91 Å². The third kappa shape index (κ3) is 3.27. The van der Waals surface area contributed by atoms with Gasteiger partial charge in [-0.3, -0.25) is 9.48 Å². The second kappa shape index (κ2) is 6.20. The van der Waals surface area contributed by atoms with Crippen molar-refractivity contribution >= 4 is 5.91 Å². The van der Waals surface area contributed by atoms with Crippen molar-refractivity contribution in [1.82, 2.24) is 14.7 Å². The predicted molar refractivity (Wildman–Crippen MR) is 86.7 cm³/mol. The summed E-state index contributed by atoms with van der Waals surface area (Å²) in [6.07, 6.45) is -0.928. The van der Waals surface area contributed by atoms with E-state index in [9.17, 15) is 18.0 Å². The topological polar surface area (TPSA) is 38.1 Å². The molecule has 0 radical (unpaired) electrons. The van der Waals surface area contributed by atoms with E-state index in [-0.39, 0.29) is 12.3 Å². The summed E-state index contributed by atoms with van der Waals surface area (Å²) in [6.45, 7) is 2.53. The fourth-order valence-electron chi connectivity index (χ4n) is 3.51. The highest BCUT2D eigenvalue weighted by molar-refractivity contribution is 5.79. The lowest BCUT2D eigenvalue weighted by molar-refractivity contribution is -0.138. The first-order valence-electron chi connectivity index (χ1n) is 8.17. The number of amides is 1. The van der Waals surface area contributed by atoms with E-state index in [1.54, 1.807) is 28.9 Å². The van der Waals surface area contributed by atoms with Crippen molar-refractivity contribution < 1.29 is 18.0 Å². The van der Waals surface area contributed by atoms with Crippen molar-refractivity contribution in [2.24, 2.45) is 7.05 Å². The Bertz CT molecular complexity index is 767. The SMILES string of the molecule is Cn1nccc1CC(=O)N1CCCC1(C)c1ccc(C(F)(F)F)cc1. The highest BCUT2D eigenvalue weighted by Crippen LogP contribution is 2.40. The number of carbonyl (C=O) groups excluding carboxylic acids is 1. The van der Waals surface area contributed by atoms with Crippen molar-refractivity contribution in [2.45, 2.75) is 37.9 Å². The number of aromatic nitrogens is 2. The third-order valence-corrected chi connectivity index (χ3v) is 5.03. The van der Waals surface area contributed by atoms with Crippen LogP contribution in [-0.4, -0.2) is 27.1 Å². The van der Waals surface area contributed by atoms with Gasteiger partial charge >= 0.3 is 6.18 Å². The quantitative estimate of drug-likeness (QED) is 0.849. The molecule has 1 saturated heterocycles. The van der Waals surface area contributed by atoms with Crippen molar-refractivity contribution in [1.29, 1.82) is 0 Å². The number of alkyl halides is 3. The molecule has 1 unspecified atom stereocenters. The molecule has 25 heavy (non-hydrogen) atoms. The fourth-order valence-corrected chi connectivity index (χ4v) is 3.51. The van der Waals surface area contributed by atoms with Crippen LogP contribution in [0.4, 0.5) is 13.2 Å². The average molecular weight is 351 g/mol.